The third-order valence-corrected chi connectivity index (χ3v) is 4.08. The summed E-state index contributed by atoms with van der Waals surface area (Å²) in [4.78, 5) is 13.7. The summed E-state index contributed by atoms with van der Waals surface area (Å²) in [7, 11) is 0. The van der Waals surface area contributed by atoms with Gasteiger partial charge in [0.25, 0.3) is 0 Å². The second-order valence-electron chi connectivity index (χ2n) is 5.40. The Morgan fingerprint density at radius 1 is 1.42 bits per heavy atom. The quantitative estimate of drug-likeness (QED) is 0.841. The fourth-order valence-electron chi connectivity index (χ4n) is 3.03. The van der Waals surface area contributed by atoms with Crippen LogP contribution in [0, 0.1) is 0 Å². The Balaban J connectivity index is 1.72. The first-order valence-corrected chi connectivity index (χ1v) is 7.02. The molecule has 4 nitrogen and oxygen atoms in total. The minimum Gasteiger partial charge on any atom is -0.485 e. The maximum Gasteiger partial charge on any atom is 0.317 e. The van der Waals surface area contributed by atoms with Gasteiger partial charge in [-0.2, -0.15) is 0 Å². The van der Waals surface area contributed by atoms with Gasteiger partial charge < -0.3 is 15.0 Å². The normalized spacial score (nSPS) is 25.0. The molecule has 1 aromatic carbocycles. The van der Waals surface area contributed by atoms with Crippen molar-refractivity contribution in [3.63, 3.8) is 0 Å². The molecule has 1 aromatic rings. The monoisotopic (exact) mass is 260 g/mol. The molecule has 1 fully saturated rings. The van der Waals surface area contributed by atoms with Gasteiger partial charge in [0.15, 0.2) is 0 Å². The Bertz CT molecular complexity index is 489. The average Bonchev–Trinajstić information content (AvgIpc) is 2.83. The largest absolute Gasteiger partial charge is 0.485 e. The van der Waals surface area contributed by atoms with Gasteiger partial charge in [-0.3, -0.25) is 0 Å². The molecule has 2 aliphatic heterocycles. The van der Waals surface area contributed by atoms with Gasteiger partial charge in [-0.15, -0.1) is 0 Å². The fourth-order valence-corrected chi connectivity index (χ4v) is 3.03. The smallest absolute Gasteiger partial charge is 0.317 e. The molecule has 0 aliphatic carbocycles. The van der Waals surface area contributed by atoms with Crippen LogP contribution in [-0.2, 0) is 6.42 Å². The lowest BCUT2D eigenvalue weighted by atomic mass is 9.90. The molecule has 3 rings (SSSR count). The zero-order valence-electron chi connectivity index (χ0n) is 11.3. The first-order valence-electron chi connectivity index (χ1n) is 7.02. The van der Waals surface area contributed by atoms with Gasteiger partial charge in [0.2, 0.25) is 0 Å². The van der Waals surface area contributed by atoms with Gasteiger partial charge >= 0.3 is 6.03 Å². The Labute approximate surface area is 113 Å². The van der Waals surface area contributed by atoms with Crippen molar-refractivity contribution >= 4 is 6.03 Å². The molecule has 19 heavy (non-hydrogen) atoms. The van der Waals surface area contributed by atoms with Crippen LogP contribution in [-0.4, -0.2) is 36.2 Å². The summed E-state index contributed by atoms with van der Waals surface area (Å²) in [5, 5.41) is 2.86. The first kappa shape index (κ1) is 12.3. The van der Waals surface area contributed by atoms with Crippen molar-refractivity contribution in [2.75, 3.05) is 19.6 Å². The summed E-state index contributed by atoms with van der Waals surface area (Å²) < 4.78 is 6.22. The van der Waals surface area contributed by atoms with Crippen molar-refractivity contribution < 1.29 is 9.53 Å². The van der Waals surface area contributed by atoms with E-state index in [1.165, 1.54) is 5.56 Å². The average molecular weight is 260 g/mol. The number of carbonyl (C=O) groups is 1. The van der Waals surface area contributed by atoms with Gasteiger partial charge in [-0.25, -0.2) is 4.79 Å². The van der Waals surface area contributed by atoms with E-state index in [2.05, 4.69) is 17.4 Å². The van der Waals surface area contributed by atoms with Crippen molar-refractivity contribution in [2.24, 2.45) is 0 Å². The highest BCUT2D eigenvalue weighted by molar-refractivity contribution is 5.74. The van der Waals surface area contributed by atoms with E-state index in [0.29, 0.717) is 13.1 Å². The van der Waals surface area contributed by atoms with Crippen LogP contribution in [0.1, 0.15) is 25.3 Å². The summed E-state index contributed by atoms with van der Waals surface area (Å²) in [6, 6.07) is 8.25. The number of benzene rings is 1. The Morgan fingerprint density at radius 2 is 2.26 bits per heavy atom. The summed E-state index contributed by atoms with van der Waals surface area (Å²) in [6.07, 6.45) is 2.97. The minimum atomic E-state index is -0.167. The maximum atomic E-state index is 11.9. The second-order valence-corrected chi connectivity index (χ2v) is 5.40. The highest BCUT2D eigenvalue weighted by Gasteiger charge is 2.43. The molecule has 0 aromatic heterocycles. The van der Waals surface area contributed by atoms with Crippen molar-refractivity contribution in [1.82, 2.24) is 10.2 Å². The molecule has 2 amide bonds. The number of amides is 2. The lowest BCUT2D eigenvalue weighted by molar-refractivity contribution is 0.0576. The molecule has 1 unspecified atom stereocenters. The number of likely N-dealkylation sites (tertiary alicyclic amines) is 1. The molecule has 1 saturated heterocycles. The Kier molecular flexibility index (Phi) is 3.09. The number of urea groups is 1. The van der Waals surface area contributed by atoms with E-state index in [1.54, 1.807) is 0 Å². The number of ether oxygens (including phenoxy) is 1. The molecule has 2 heterocycles. The van der Waals surface area contributed by atoms with Crippen LogP contribution in [0.5, 0.6) is 5.75 Å². The van der Waals surface area contributed by atoms with E-state index in [9.17, 15) is 4.79 Å². The van der Waals surface area contributed by atoms with Gasteiger partial charge in [0.05, 0.1) is 6.54 Å². The van der Waals surface area contributed by atoms with Crippen LogP contribution in [0.15, 0.2) is 24.3 Å². The van der Waals surface area contributed by atoms with Crippen molar-refractivity contribution in [1.29, 1.82) is 0 Å². The molecular weight excluding hydrogens is 240 g/mol. The fraction of sp³-hybridized carbons (Fsp3) is 0.533. The van der Waals surface area contributed by atoms with Gasteiger partial charge in [-0.05, 0) is 31.4 Å². The lowest BCUT2D eigenvalue weighted by Crippen LogP contribution is -2.45. The van der Waals surface area contributed by atoms with Crippen molar-refractivity contribution in [3.05, 3.63) is 29.8 Å². The van der Waals surface area contributed by atoms with E-state index in [4.69, 9.17) is 4.74 Å². The van der Waals surface area contributed by atoms with Crippen molar-refractivity contribution in [2.45, 2.75) is 31.8 Å². The van der Waals surface area contributed by atoms with E-state index >= 15 is 0 Å². The SMILES string of the molecule is CCNC(=O)N1CCC2(CCc3ccccc3O2)C1. The summed E-state index contributed by atoms with van der Waals surface area (Å²) in [5.74, 6) is 0.992. The molecule has 0 radical (unpaired) electrons. The molecule has 1 spiro atoms. The van der Waals surface area contributed by atoms with E-state index in [0.717, 1.165) is 31.6 Å². The number of nitrogens with zero attached hydrogens (tertiary/aromatic N) is 1. The molecule has 1 atom stereocenters. The standard InChI is InChI=1S/C15H20N2O2/c1-2-16-14(18)17-10-9-15(11-17)8-7-12-5-3-4-6-13(12)19-15/h3-6H,2,7-11H2,1H3,(H,16,18). The lowest BCUT2D eigenvalue weighted by Gasteiger charge is -2.35. The van der Waals surface area contributed by atoms with Crippen molar-refractivity contribution in [3.8, 4) is 5.75 Å². The zero-order chi connectivity index (χ0) is 13.3. The zero-order valence-corrected chi connectivity index (χ0v) is 11.3. The third-order valence-electron chi connectivity index (χ3n) is 4.08. The van der Waals surface area contributed by atoms with Crippen LogP contribution < -0.4 is 10.1 Å². The van der Waals surface area contributed by atoms with Gasteiger partial charge in [0, 0.05) is 19.5 Å². The molecule has 1 N–H and O–H groups in total. The summed E-state index contributed by atoms with van der Waals surface area (Å²) in [5.41, 5.74) is 1.11. The number of fused-ring (bicyclic) bond motifs is 1. The Morgan fingerprint density at radius 3 is 3.11 bits per heavy atom. The molecule has 0 saturated carbocycles. The molecule has 4 heteroatoms. The van der Waals surface area contributed by atoms with E-state index < -0.39 is 0 Å². The second kappa shape index (κ2) is 4.76. The third kappa shape index (κ3) is 2.27. The van der Waals surface area contributed by atoms with Crippen LogP contribution >= 0.6 is 0 Å². The number of rotatable bonds is 1. The number of hydrogen-bond acceptors (Lipinski definition) is 2. The number of carbonyl (C=O) groups excluding carboxylic acids is 1. The van der Waals surface area contributed by atoms with Crippen LogP contribution in [0.2, 0.25) is 0 Å². The van der Waals surface area contributed by atoms with Crippen LogP contribution in [0.25, 0.3) is 0 Å². The van der Waals surface area contributed by atoms with Crippen LogP contribution in [0.4, 0.5) is 4.79 Å². The predicted octanol–water partition coefficient (Wildman–Crippen LogP) is 2.19. The topological polar surface area (TPSA) is 41.6 Å². The maximum absolute atomic E-state index is 11.9. The number of aryl methyl sites for hydroxylation is 1. The summed E-state index contributed by atoms with van der Waals surface area (Å²) in [6.45, 7) is 4.10. The van der Waals surface area contributed by atoms with Gasteiger partial charge in [0.1, 0.15) is 11.4 Å². The van der Waals surface area contributed by atoms with Gasteiger partial charge in [-0.1, -0.05) is 18.2 Å². The first-order chi connectivity index (χ1) is 9.22. The summed E-state index contributed by atoms with van der Waals surface area (Å²) >= 11 is 0. The number of para-hydroxylation sites is 1. The highest BCUT2D eigenvalue weighted by atomic mass is 16.5. The number of nitrogens with one attached hydrogen (secondary N) is 1. The molecular formula is C15H20N2O2. The predicted molar refractivity (Wildman–Crippen MR) is 73.4 cm³/mol. The van der Waals surface area contributed by atoms with E-state index in [1.807, 2.05) is 24.0 Å². The molecule has 102 valence electrons. The number of hydrogen-bond donors (Lipinski definition) is 1. The van der Waals surface area contributed by atoms with Crippen LogP contribution in [0.3, 0.4) is 0 Å². The minimum absolute atomic E-state index is 0.0295. The molecule has 2 aliphatic rings. The van der Waals surface area contributed by atoms with E-state index in [-0.39, 0.29) is 11.6 Å². The Hall–Kier alpha value is -1.71. The highest BCUT2D eigenvalue weighted by Crippen LogP contribution is 2.38. The molecule has 0 bridgehead atoms.